The second kappa shape index (κ2) is 5.17. The molecule has 0 saturated heterocycles. The average Bonchev–Trinajstić information content (AvgIpc) is 2.16. The van der Waals surface area contributed by atoms with Crippen LogP contribution in [0, 0.1) is 5.92 Å². The fraction of sp³-hybridized carbons (Fsp3) is 0.538. The number of hydrogen-bond acceptors (Lipinski definition) is 2. The lowest BCUT2D eigenvalue weighted by Gasteiger charge is -2.42. The molecule has 0 radical (unpaired) electrons. The van der Waals surface area contributed by atoms with Crippen LogP contribution in [0.5, 0.6) is 0 Å². The maximum atomic E-state index is 5.97. The zero-order chi connectivity index (χ0) is 11.5. The Bertz CT molecular complexity index is 352. The van der Waals surface area contributed by atoms with Gasteiger partial charge < -0.3 is 5.73 Å². The van der Waals surface area contributed by atoms with Crippen molar-refractivity contribution in [1.82, 2.24) is 4.90 Å². The second-order valence-electron chi connectivity index (χ2n) is 4.69. The Balaban J connectivity index is 1.94. The first-order chi connectivity index (χ1) is 7.70. The second-order valence-corrected chi connectivity index (χ2v) is 5.12. The highest BCUT2D eigenvalue weighted by Crippen LogP contribution is 2.31. The lowest BCUT2D eigenvalue weighted by atomic mass is 9.78. The van der Waals surface area contributed by atoms with Gasteiger partial charge in [0.25, 0.3) is 0 Å². The molecule has 0 amide bonds. The molecule has 0 aromatic heterocycles. The summed E-state index contributed by atoms with van der Waals surface area (Å²) < 4.78 is 0. The summed E-state index contributed by atoms with van der Waals surface area (Å²) in [7, 11) is 2.17. The summed E-state index contributed by atoms with van der Waals surface area (Å²) in [5, 5.41) is 0.815. The summed E-state index contributed by atoms with van der Waals surface area (Å²) in [6, 6.07) is 8.74. The van der Waals surface area contributed by atoms with Crippen LogP contribution in [0.3, 0.4) is 0 Å². The van der Waals surface area contributed by atoms with Gasteiger partial charge in [-0.1, -0.05) is 23.7 Å². The number of nitrogens with zero attached hydrogens (tertiary/aromatic N) is 1. The molecule has 88 valence electrons. The van der Waals surface area contributed by atoms with Gasteiger partial charge in [0, 0.05) is 17.6 Å². The van der Waals surface area contributed by atoms with E-state index in [0.29, 0.717) is 12.0 Å². The molecule has 1 fully saturated rings. The predicted octanol–water partition coefficient (Wildman–Crippen LogP) is 2.51. The van der Waals surface area contributed by atoms with E-state index in [1.165, 1.54) is 18.4 Å². The van der Waals surface area contributed by atoms with Crippen LogP contribution in [-0.4, -0.2) is 24.5 Å². The first-order valence-electron chi connectivity index (χ1n) is 5.85. The smallest absolute Gasteiger partial charge is 0.0409 e. The van der Waals surface area contributed by atoms with Gasteiger partial charge in [-0.25, -0.2) is 0 Å². The van der Waals surface area contributed by atoms with E-state index in [9.17, 15) is 0 Å². The quantitative estimate of drug-likeness (QED) is 0.874. The minimum atomic E-state index is 0.656. The van der Waals surface area contributed by atoms with Crippen LogP contribution in [0.1, 0.15) is 18.4 Å². The minimum absolute atomic E-state index is 0.656. The molecule has 3 heteroatoms. The van der Waals surface area contributed by atoms with E-state index < -0.39 is 0 Å². The van der Waals surface area contributed by atoms with Gasteiger partial charge in [0.2, 0.25) is 0 Å². The van der Waals surface area contributed by atoms with Crippen molar-refractivity contribution in [2.24, 2.45) is 11.7 Å². The molecule has 2 unspecified atom stereocenters. The molecule has 2 atom stereocenters. The highest BCUT2D eigenvalue weighted by atomic mass is 35.5. The summed E-state index contributed by atoms with van der Waals surface area (Å²) in [6.45, 7) is 1.77. The zero-order valence-corrected chi connectivity index (χ0v) is 10.5. The fourth-order valence-corrected chi connectivity index (χ4v) is 2.66. The molecule has 1 aliphatic rings. The number of nitrogens with two attached hydrogens (primary N) is 1. The maximum Gasteiger partial charge on any atom is 0.0409 e. The predicted molar refractivity (Wildman–Crippen MR) is 68.5 cm³/mol. The van der Waals surface area contributed by atoms with E-state index in [-0.39, 0.29) is 0 Å². The highest BCUT2D eigenvalue weighted by molar-refractivity contribution is 6.30. The third-order valence-corrected chi connectivity index (χ3v) is 3.80. The van der Waals surface area contributed by atoms with Gasteiger partial charge in [0.05, 0.1) is 0 Å². The highest BCUT2D eigenvalue weighted by Gasteiger charge is 2.32. The number of benzene rings is 1. The summed E-state index contributed by atoms with van der Waals surface area (Å²) in [6.07, 6.45) is 2.56. The number of rotatable bonds is 4. The maximum absolute atomic E-state index is 5.97. The first-order valence-corrected chi connectivity index (χ1v) is 6.23. The van der Waals surface area contributed by atoms with Crippen LogP contribution in [0.2, 0.25) is 5.02 Å². The molecule has 2 rings (SSSR count). The fourth-order valence-electron chi connectivity index (χ4n) is 2.45. The molecule has 0 bridgehead atoms. The average molecular weight is 239 g/mol. The molecule has 1 saturated carbocycles. The van der Waals surface area contributed by atoms with E-state index in [1.807, 2.05) is 18.2 Å². The first kappa shape index (κ1) is 11.9. The Morgan fingerprint density at radius 3 is 2.81 bits per heavy atom. The van der Waals surface area contributed by atoms with Gasteiger partial charge in [-0.15, -0.1) is 0 Å². The van der Waals surface area contributed by atoms with Crippen LogP contribution >= 0.6 is 11.6 Å². The summed E-state index contributed by atoms with van der Waals surface area (Å²) in [4.78, 5) is 2.40. The largest absolute Gasteiger partial charge is 0.330 e. The topological polar surface area (TPSA) is 29.3 Å². The van der Waals surface area contributed by atoms with Crippen molar-refractivity contribution in [3.63, 3.8) is 0 Å². The molecule has 0 heterocycles. The van der Waals surface area contributed by atoms with Crippen LogP contribution in [0.15, 0.2) is 24.3 Å². The third kappa shape index (κ3) is 2.57. The molecule has 0 spiro atoms. The van der Waals surface area contributed by atoms with Gasteiger partial charge >= 0.3 is 0 Å². The molecule has 16 heavy (non-hydrogen) atoms. The SMILES string of the molecule is CN(Cc1cccc(Cl)c1)C1CCC1CN. The van der Waals surface area contributed by atoms with Crippen molar-refractivity contribution < 1.29 is 0 Å². The van der Waals surface area contributed by atoms with Gasteiger partial charge in [-0.2, -0.15) is 0 Å². The van der Waals surface area contributed by atoms with Crippen LogP contribution in [0.4, 0.5) is 0 Å². The van der Waals surface area contributed by atoms with E-state index >= 15 is 0 Å². The zero-order valence-electron chi connectivity index (χ0n) is 9.70. The lowest BCUT2D eigenvalue weighted by molar-refractivity contribution is 0.0837. The van der Waals surface area contributed by atoms with Crippen LogP contribution in [0.25, 0.3) is 0 Å². The molecule has 1 aromatic rings. The molecule has 1 aliphatic carbocycles. The molecule has 2 N–H and O–H groups in total. The Morgan fingerprint density at radius 2 is 2.25 bits per heavy atom. The van der Waals surface area contributed by atoms with Gasteiger partial charge in [0.15, 0.2) is 0 Å². The van der Waals surface area contributed by atoms with Crippen molar-refractivity contribution >= 4 is 11.6 Å². The Hall–Kier alpha value is -0.570. The summed E-state index contributed by atoms with van der Waals surface area (Å²) >= 11 is 5.97. The van der Waals surface area contributed by atoms with Gasteiger partial charge in [-0.05, 0) is 50.0 Å². The van der Waals surface area contributed by atoms with Crippen LogP contribution < -0.4 is 5.73 Å². The molecule has 2 nitrogen and oxygen atoms in total. The van der Waals surface area contributed by atoms with Crippen LogP contribution in [-0.2, 0) is 6.54 Å². The number of hydrogen-bond donors (Lipinski definition) is 1. The standard InChI is InChI=1S/C13H19ClN2/c1-16(13-6-5-11(13)8-15)9-10-3-2-4-12(14)7-10/h2-4,7,11,13H,5-6,8-9,15H2,1H3. The number of halogens is 1. The van der Waals surface area contributed by atoms with Crippen molar-refractivity contribution in [1.29, 1.82) is 0 Å². The summed E-state index contributed by atoms with van der Waals surface area (Å²) in [5.41, 5.74) is 7.01. The Kier molecular flexibility index (Phi) is 3.85. The van der Waals surface area contributed by atoms with Crippen molar-refractivity contribution in [2.75, 3.05) is 13.6 Å². The monoisotopic (exact) mass is 238 g/mol. The molecule has 0 aliphatic heterocycles. The van der Waals surface area contributed by atoms with Crippen molar-refractivity contribution in [2.45, 2.75) is 25.4 Å². The van der Waals surface area contributed by atoms with Crippen molar-refractivity contribution in [3.8, 4) is 0 Å². The van der Waals surface area contributed by atoms with E-state index in [1.54, 1.807) is 0 Å². The molecular formula is C13H19ClN2. The van der Waals surface area contributed by atoms with E-state index in [2.05, 4.69) is 18.0 Å². The molecular weight excluding hydrogens is 220 g/mol. The van der Waals surface area contributed by atoms with Crippen molar-refractivity contribution in [3.05, 3.63) is 34.9 Å². The lowest BCUT2D eigenvalue weighted by Crippen LogP contribution is -2.47. The van der Waals surface area contributed by atoms with Gasteiger partial charge in [0.1, 0.15) is 0 Å². The minimum Gasteiger partial charge on any atom is -0.330 e. The van der Waals surface area contributed by atoms with E-state index in [4.69, 9.17) is 17.3 Å². The Labute approximate surface area is 102 Å². The summed E-state index contributed by atoms with van der Waals surface area (Å²) in [5.74, 6) is 0.684. The Morgan fingerprint density at radius 1 is 1.44 bits per heavy atom. The van der Waals surface area contributed by atoms with Gasteiger partial charge in [-0.3, -0.25) is 4.90 Å². The molecule has 1 aromatic carbocycles. The third-order valence-electron chi connectivity index (χ3n) is 3.57. The normalized spacial score (nSPS) is 24.5. The van der Waals surface area contributed by atoms with E-state index in [0.717, 1.165) is 18.1 Å².